The summed E-state index contributed by atoms with van der Waals surface area (Å²) in [4.78, 5) is 22.6. The van der Waals surface area contributed by atoms with Crippen LogP contribution in [0.5, 0.6) is 0 Å². The third-order valence-corrected chi connectivity index (χ3v) is 5.13. The second kappa shape index (κ2) is 9.46. The van der Waals surface area contributed by atoms with Crippen molar-refractivity contribution in [3.63, 3.8) is 0 Å². The summed E-state index contributed by atoms with van der Waals surface area (Å²) in [6, 6.07) is 6.34. The number of hydrazine groups is 1. The van der Waals surface area contributed by atoms with Crippen molar-refractivity contribution in [3.05, 3.63) is 65.0 Å². The summed E-state index contributed by atoms with van der Waals surface area (Å²) in [6.07, 6.45) is -7.65. The van der Waals surface area contributed by atoms with Gasteiger partial charge in [0.2, 0.25) is 10.0 Å². The summed E-state index contributed by atoms with van der Waals surface area (Å²) in [6.45, 7) is -0.832. The van der Waals surface area contributed by atoms with Crippen LogP contribution in [-0.2, 0) is 27.5 Å². The van der Waals surface area contributed by atoms with Crippen molar-refractivity contribution < 1.29 is 44.3 Å². The molecule has 0 saturated carbocycles. The van der Waals surface area contributed by atoms with Gasteiger partial charge in [0.25, 0.3) is 5.91 Å². The standard InChI is InChI=1S/C18H15F6N3O4S/c1-32(30,31)27(14-5-3-2-4-12(14)18(22,23)24)9-11-7-6-10(8-13(11)19)16(28)25-26-17(29)15(20)21/h2-8,15H,9H2,1H3,(H,25,28)(H,26,29). The average molecular weight is 483 g/mol. The van der Waals surface area contributed by atoms with E-state index in [9.17, 15) is 44.3 Å². The van der Waals surface area contributed by atoms with Gasteiger partial charge in [0.1, 0.15) is 5.82 Å². The third kappa shape index (κ3) is 6.12. The number of para-hydroxylation sites is 1. The maximum atomic E-state index is 14.5. The van der Waals surface area contributed by atoms with Crippen molar-refractivity contribution in [1.82, 2.24) is 10.9 Å². The number of benzene rings is 2. The van der Waals surface area contributed by atoms with E-state index in [4.69, 9.17) is 0 Å². The average Bonchev–Trinajstić information content (AvgIpc) is 2.69. The number of alkyl halides is 5. The van der Waals surface area contributed by atoms with Gasteiger partial charge in [0.05, 0.1) is 24.1 Å². The molecule has 0 aliphatic rings. The molecule has 0 aromatic heterocycles. The largest absolute Gasteiger partial charge is 0.418 e. The smallest absolute Gasteiger partial charge is 0.267 e. The van der Waals surface area contributed by atoms with Gasteiger partial charge in [-0.15, -0.1) is 0 Å². The van der Waals surface area contributed by atoms with Crippen LogP contribution in [0.2, 0.25) is 0 Å². The Morgan fingerprint density at radius 2 is 1.69 bits per heavy atom. The van der Waals surface area contributed by atoms with Crippen molar-refractivity contribution in [1.29, 1.82) is 0 Å². The number of carbonyl (C=O) groups excluding carboxylic acids is 2. The van der Waals surface area contributed by atoms with Crippen LogP contribution in [0.3, 0.4) is 0 Å². The van der Waals surface area contributed by atoms with E-state index >= 15 is 0 Å². The van der Waals surface area contributed by atoms with Crippen LogP contribution in [0.4, 0.5) is 32.0 Å². The lowest BCUT2D eigenvalue weighted by Crippen LogP contribution is -2.44. The van der Waals surface area contributed by atoms with Gasteiger partial charge in [0, 0.05) is 11.1 Å². The molecule has 0 aliphatic carbocycles. The van der Waals surface area contributed by atoms with Gasteiger partial charge in [-0.2, -0.15) is 22.0 Å². The van der Waals surface area contributed by atoms with Crippen molar-refractivity contribution >= 4 is 27.5 Å². The molecule has 2 rings (SSSR count). The van der Waals surface area contributed by atoms with E-state index in [-0.39, 0.29) is 5.56 Å². The molecule has 174 valence electrons. The molecule has 0 heterocycles. The number of hydrogen-bond acceptors (Lipinski definition) is 4. The number of anilines is 1. The summed E-state index contributed by atoms with van der Waals surface area (Å²) in [5.41, 5.74) is 0.249. The van der Waals surface area contributed by atoms with E-state index in [0.29, 0.717) is 22.7 Å². The number of nitrogens with zero attached hydrogens (tertiary/aromatic N) is 1. The minimum atomic E-state index is -4.89. The molecule has 2 amide bonds. The topological polar surface area (TPSA) is 95.6 Å². The lowest BCUT2D eigenvalue weighted by molar-refractivity contribution is -0.137. The van der Waals surface area contributed by atoms with Crippen LogP contribution in [0, 0.1) is 5.82 Å². The SMILES string of the molecule is CS(=O)(=O)N(Cc1ccc(C(=O)NNC(=O)C(F)F)cc1F)c1ccccc1C(F)(F)F. The van der Waals surface area contributed by atoms with E-state index in [2.05, 4.69) is 0 Å². The summed E-state index contributed by atoms with van der Waals surface area (Å²) >= 11 is 0. The fraction of sp³-hybridized carbons (Fsp3) is 0.222. The summed E-state index contributed by atoms with van der Waals surface area (Å²) in [7, 11) is -4.30. The van der Waals surface area contributed by atoms with Crippen molar-refractivity contribution in [2.24, 2.45) is 0 Å². The predicted octanol–water partition coefficient (Wildman–Crippen LogP) is 2.84. The minimum absolute atomic E-state index is 0.358. The third-order valence-electron chi connectivity index (χ3n) is 4.01. The zero-order valence-electron chi connectivity index (χ0n) is 16.1. The Kier molecular flexibility index (Phi) is 7.38. The number of hydrogen-bond donors (Lipinski definition) is 2. The zero-order chi connectivity index (χ0) is 24.3. The van der Waals surface area contributed by atoms with Gasteiger partial charge in [-0.05, 0) is 24.3 Å². The Morgan fingerprint density at radius 1 is 1.06 bits per heavy atom. The monoisotopic (exact) mass is 483 g/mol. The maximum Gasteiger partial charge on any atom is 0.418 e. The van der Waals surface area contributed by atoms with Gasteiger partial charge < -0.3 is 0 Å². The first kappa shape index (κ1) is 25.0. The molecule has 0 radical (unpaired) electrons. The first-order valence-electron chi connectivity index (χ1n) is 8.52. The minimum Gasteiger partial charge on any atom is -0.267 e. The highest BCUT2D eigenvalue weighted by molar-refractivity contribution is 7.92. The fourth-order valence-corrected chi connectivity index (χ4v) is 3.42. The molecule has 0 fully saturated rings. The summed E-state index contributed by atoms with van der Waals surface area (Å²) in [5, 5.41) is 0. The number of halogens is 6. The maximum absolute atomic E-state index is 14.5. The normalized spacial score (nSPS) is 11.9. The Hall–Kier alpha value is -3.29. The molecule has 14 heteroatoms. The summed E-state index contributed by atoms with van der Waals surface area (Å²) in [5.74, 6) is -4.12. The molecular weight excluding hydrogens is 468 g/mol. The van der Waals surface area contributed by atoms with E-state index in [1.807, 2.05) is 0 Å². The van der Waals surface area contributed by atoms with Crippen LogP contribution in [0.15, 0.2) is 42.5 Å². The highest BCUT2D eigenvalue weighted by Crippen LogP contribution is 2.38. The lowest BCUT2D eigenvalue weighted by Gasteiger charge is -2.26. The van der Waals surface area contributed by atoms with Gasteiger partial charge in [-0.25, -0.2) is 12.8 Å². The molecule has 7 nitrogen and oxygen atoms in total. The van der Waals surface area contributed by atoms with Crippen LogP contribution < -0.4 is 15.2 Å². The van der Waals surface area contributed by atoms with Gasteiger partial charge in [-0.3, -0.25) is 24.7 Å². The Bertz CT molecular complexity index is 1120. The molecule has 0 spiro atoms. The van der Waals surface area contributed by atoms with Crippen molar-refractivity contribution in [2.45, 2.75) is 19.1 Å². The lowest BCUT2D eigenvalue weighted by atomic mass is 10.1. The number of carbonyl (C=O) groups is 2. The number of nitrogens with one attached hydrogen (secondary N) is 2. The van der Waals surface area contributed by atoms with Crippen LogP contribution in [0.1, 0.15) is 21.5 Å². The second-order valence-corrected chi connectivity index (χ2v) is 8.24. The molecule has 0 saturated heterocycles. The molecule has 0 bridgehead atoms. The van der Waals surface area contributed by atoms with Crippen LogP contribution >= 0.6 is 0 Å². The van der Waals surface area contributed by atoms with Gasteiger partial charge in [0.15, 0.2) is 0 Å². The predicted molar refractivity (Wildman–Crippen MR) is 100 cm³/mol. The van der Waals surface area contributed by atoms with Crippen LogP contribution in [0.25, 0.3) is 0 Å². The Labute approximate surface area is 178 Å². The number of rotatable bonds is 6. The summed E-state index contributed by atoms with van der Waals surface area (Å²) < 4.78 is 103. The number of sulfonamides is 1. The first-order valence-corrected chi connectivity index (χ1v) is 10.4. The highest BCUT2D eigenvalue weighted by atomic mass is 32.2. The van der Waals surface area contributed by atoms with Crippen molar-refractivity contribution in [2.75, 3.05) is 10.6 Å². The Morgan fingerprint density at radius 3 is 2.22 bits per heavy atom. The first-order chi connectivity index (χ1) is 14.7. The molecule has 0 unspecified atom stereocenters. The highest BCUT2D eigenvalue weighted by Gasteiger charge is 2.36. The quantitative estimate of drug-likeness (QED) is 0.488. The molecule has 2 aromatic carbocycles. The molecule has 2 aromatic rings. The molecule has 0 aliphatic heterocycles. The van der Waals surface area contributed by atoms with Crippen LogP contribution in [-0.4, -0.2) is 32.9 Å². The second-order valence-electron chi connectivity index (χ2n) is 6.33. The van der Waals surface area contributed by atoms with Gasteiger partial charge in [-0.1, -0.05) is 18.2 Å². The zero-order valence-corrected chi connectivity index (χ0v) is 16.9. The Balaban J connectivity index is 2.34. The van der Waals surface area contributed by atoms with E-state index in [0.717, 1.165) is 24.3 Å². The molecule has 32 heavy (non-hydrogen) atoms. The van der Waals surface area contributed by atoms with Crippen molar-refractivity contribution in [3.8, 4) is 0 Å². The molecule has 2 N–H and O–H groups in total. The molecule has 0 atom stereocenters. The molecular formula is C18H15F6N3O4S. The van der Waals surface area contributed by atoms with E-state index in [1.165, 1.54) is 11.5 Å². The fourth-order valence-electron chi connectivity index (χ4n) is 2.53. The van der Waals surface area contributed by atoms with E-state index < -0.39 is 63.6 Å². The van der Waals surface area contributed by atoms with Gasteiger partial charge >= 0.3 is 18.5 Å². The van der Waals surface area contributed by atoms with E-state index in [1.54, 1.807) is 5.43 Å². The number of amides is 2.